The van der Waals surface area contributed by atoms with Crippen molar-refractivity contribution in [1.82, 2.24) is 10.3 Å². The van der Waals surface area contributed by atoms with Gasteiger partial charge in [0.05, 0.1) is 15.1 Å². The molecular formula is C26H24N4O4S. The molecule has 0 bridgehead atoms. The molecule has 2 heterocycles. The zero-order chi connectivity index (χ0) is 24.9. The molecule has 2 aliphatic rings. The van der Waals surface area contributed by atoms with Crippen molar-refractivity contribution in [2.75, 3.05) is 5.32 Å². The highest BCUT2D eigenvalue weighted by atomic mass is 32.1. The molecule has 0 fully saturated rings. The van der Waals surface area contributed by atoms with Gasteiger partial charge in [-0.15, -0.1) is 0 Å². The van der Waals surface area contributed by atoms with E-state index in [-0.39, 0.29) is 22.8 Å². The molecular weight excluding hydrogens is 464 g/mol. The third-order valence-corrected chi connectivity index (χ3v) is 7.39. The molecule has 2 aromatic carbocycles. The number of carbonyl (C=O) groups is 2. The van der Waals surface area contributed by atoms with Crippen molar-refractivity contribution in [2.24, 2.45) is 5.41 Å². The van der Waals surface area contributed by atoms with Crippen LogP contribution >= 0.6 is 11.3 Å². The lowest BCUT2D eigenvalue weighted by Gasteiger charge is -2.39. The van der Waals surface area contributed by atoms with Crippen molar-refractivity contribution in [3.8, 4) is 0 Å². The second kappa shape index (κ2) is 8.42. The minimum atomic E-state index is -0.634. The quantitative estimate of drug-likeness (QED) is 0.373. The fraction of sp³-hybridized carbons (Fsp3) is 0.269. The Morgan fingerprint density at radius 2 is 1.89 bits per heavy atom. The number of anilines is 1. The molecule has 1 aliphatic heterocycles. The number of carbonyl (C=O) groups excluding carboxylic acids is 2. The number of hydrogen-bond donors (Lipinski definition) is 2. The second-order valence-corrected chi connectivity index (χ2v) is 10.8. The van der Waals surface area contributed by atoms with Crippen LogP contribution in [0.3, 0.4) is 0 Å². The molecule has 1 aromatic heterocycles. The smallest absolute Gasteiger partial charge is 0.269 e. The summed E-state index contributed by atoms with van der Waals surface area (Å²) in [6.45, 7) is 5.92. The SMILES string of the molecule is CC1=C(C(=O)Nc2nc3ccccc3s2)C(c2ccc([N+](=O)[O-])cc2)C2=C(CC(C)(C)CC2=O)N1. The lowest BCUT2D eigenvalue weighted by Crippen LogP contribution is -2.39. The molecule has 8 nitrogen and oxygen atoms in total. The number of Topliss-reactive ketones (excluding diaryl/α,β-unsaturated/α-hetero) is 1. The molecule has 3 aromatic rings. The number of amides is 1. The number of dihydropyridines is 1. The molecule has 1 unspecified atom stereocenters. The number of aromatic nitrogens is 1. The van der Waals surface area contributed by atoms with E-state index < -0.39 is 10.8 Å². The van der Waals surface area contributed by atoms with Gasteiger partial charge in [0.25, 0.3) is 11.6 Å². The van der Waals surface area contributed by atoms with Crippen LogP contribution in [0, 0.1) is 15.5 Å². The summed E-state index contributed by atoms with van der Waals surface area (Å²) < 4.78 is 0.955. The van der Waals surface area contributed by atoms with Crippen LogP contribution in [0.4, 0.5) is 10.8 Å². The second-order valence-electron chi connectivity index (χ2n) is 9.72. The zero-order valence-electron chi connectivity index (χ0n) is 19.5. The van der Waals surface area contributed by atoms with Crippen LogP contribution in [-0.2, 0) is 9.59 Å². The lowest BCUT2D eigenvalue weighted by molar-refractivity contribution is -0.384. The first kappa shape index (κ1) is 22.9. The summed E-state index contributed by atoms with van der Waals surface area (Å²) in [6, 6.07) is 13.7. The average molecular weight is 489 g/mol. The highest BCUT2D eigenvalue weighted by Crippen LogP contribution is 2.47. The van der Waals surface area contributed by atoms with E-state index in [0.29, 0.717) is 40.4 Å². The maximum absolute atomic E-state index is 13.6. The minimum absolute atomic E-state index is 0.0233. The Hall–Kier alpha value is -3.85. The number of ketones is 1. The third kappa shape index (κ3) is 4.23. The Morgan fingerprint density at radius 3 is 2.57 bits per heavy atom. The van der Waals surface area contributed by atoms with E-state index in [1.54, 1.807) is 12.1 Å². The van der Waals surface area contributed by atoms with E-state index in [1.165, 1.54) is 23.5 Å². The molecule has 1 amide bonds. The van der Waals surface area contributed by atoms with Crippen molar-refractivity contribution in [3.05, 3.63) is 86.7 Å². The fourth-order valence-electron chi connectivity index (χ4n) is 4.95. The third-order valence-electron chi connectivity index (χ3n) is 6.44. The normalized spacial score (nSPS) is 19.4. The van der Waals surface area contributed by atoms with Crippen molar-refractivity contribution in [1.29, 1.82) is 0 Å². The van der Waals surface area contributed by atoms with Crippen LogP contribution in [0.2, 0.25) is 0 Å². The van der Waals surface area contributed by atoms with E-state index in [2.05, 4.69) is 15.6 Å². The van der Waals surface area contributed by atoms with Gasteiger partial charge in [0, 0.05) is 47.0 Å². The molecule has 35 heavy (non-hydrogen) atoms. The highest BCUT2D eigenvalue weighted by molar-refractivity contribution is 7.22. The molecule has 9 heteroatoms. The number of thiazole rings is 1. The number of nitro benzene ring substituents is 1. The number of rotatable bonds is 4. The van der Waals surface area contributed by atoms with Gasteiger partial charge in [0.2, 0.25) is 0 Å². The van der Waals surface area contributed by atoms with E-state index in [1.807, 2.05) is 45.0 Å². The van der Waals surface area contributed by atoms with Crippen molar-refractivity contribution >= 4 is 44.1 Å². The summed E-state index contributed by atoms with van der Waals surface area (Å²) in [5, 5.41) is 17.9. The summed E-state index contributed by atoms with van der Waals surface area (Å²) in [5.74, 6) is -1.02. The number of nitro groups is 1. The Balaban J connectivity index is 1.58. The van der Waals surface area contributed by atoms with Gasteiger partial charge in [-0.1, -0.05) is 49.4 Å². The predicted molar refractivity (Wildman–Crippen MR) is 135 cm³/mol. The van der Waals surface area contributed by atoms with E-state index in [0.717, 1.165) is 15.9 Å². The molecule has 0 saturated carbocycles. The molecule has 178 valence electrons. The number of nitrogens with one attached hydrogen (secondary N) is 2. The molecule has 0 spiro atoms. The van der Waals surface area contributed by atoms with Crippen LogP contribution in [0.25, 0.3) is 10.2 Å². The summed E-state index contributed by atoms with van der Waals surface area (Å²) >= 11 is 1.38. The summed E-state index contributed by atoms with van der Waals surface area (Å²) in [7, 11) is 0. The van der Waals surface area contributed by atoms with Gasteiger partial charge in [-0.05, 0) is 36.5 Å². The van der Waals surface area contributed by atoms with Crippen LogP contribution < -0.4 is 10.6 Å². The standard InChI is InChI=1S/C26H24N4O4S/c1-14-21(24(32)29-25-28-17-6-4-5-7-20(17)35-25)22(15-8-10-16(11-9-15)30(33)34)23-18(27-14)12-26(2,3)13-19(23)31/h4-11,22,27H,12-13H2,1-3H3,(H,28,29,32). The minimum Gasteiger partial charge on any atom is -0.362 e. The molecule has 5 rings (SSSR count). The fourth-order valence-corrected chi connectivity index (χ4v) is 5.81. The maximum atomic E-state index is 13.6. The predicted octanol–water partition coefficient (Wildman–Crippen LogP) is 5.45. The van der Waals surface area contributed by atoms with E-state index in [4.69, 9.17) is 0 Å². The largest absolute Gasteiger partial charge is 0.362 e. The number of non-ortho nitro benzene ring substituents is 1. The van der Waals surface area contributed by atoms with Crippen molar-refractivity contribution in [2.45, 2.75) is 39.5 Å². The monoisotopic (exact) mass is 488 g/mol. The van der Waals surface area contributed by atoms with Gasteiger partial charge < -0.3 is 5.32 Å². The molecule has 0 radical (unpaired) electrons. The van der Waals surface area contributed by atoms with E-state index in [9.17, 15) is 19.7 Å². The van der Waals surface area contributed by atoms with Gasteiger partial charge in [-0.2, -0.15) is 0 Å². The van der Waals surface area contributed by atoms with E-state index >= 15 is 0 Å². The first-order valence-electron chi connectivity index (χ1n) is 11.3. The molecule has 1 atom stereocenters. The first-order valence-corrected chi connectivity index (χ1v) is 12.1. The van der Waals surface area contributed by atoms with Crippen molar-refractivity contribution < 1.29 is 14.5 Å². The average Bonchev–Trinajstić information content (AvgIpc) is 3.19. The van der Waals surface area contributed by atoms with Crippen molar-refractivity contribution in [3.63, 3.8) is 0 Å². The lowest BCUT2D eigenvalue weighted by atomic mass is 9.68. The number of nitrogens with zero attached hydrogens (tertiary/aromatic N) is 2. The number of hydrogen-bond acceptors (Lipinski definition) is 7. The summed E-state index contributed by atoms with van der Waals surface area (Å²) in [5.41, 5.74) is 3.62. The summed E-state index contributed by atoms with van der Waals surface area (Å²) in [4.78, 5) is 42.3. The van der Waals surface area contributed by atoms with Gasteiger partial charge >= 0.3 is 0 Å². The highest BCUT2D eigenvalue weighted by Gasteiger charge is 2.42. The first-order chi connectivity index (χ1) is 16.6. The topological polar surface area (TPSA) is 114 Å². The Kier molecular flexibility index (Phi) is 5.52. The number of benzene rings is 2. The van der Waals surface area contributed by atoms with Crippen LogP contribution in [0.1, 0.15) is 45.1 Å². The molecule has 1 aliphatic carbocycles. The van der Waals surface area contributed by atoms with Gasteiger partial charge in [0.1, 0.15) is 0 Å². The van der Waals surface area contributed by atoms with Gasteiger partial charge in [-0.25, -0.2) is 4.98 Å². The van der Waals surface area contributed by atoms with Gasteiger partial charge in [0.15, 0.2) is 10.9 Å². The Bertz CT molecular complexity index is 1420. The van der Waals surface area contributed by atoms with Crippen LogP contribution in [-0.4, -0.2) is 21.6 Å². The van der Waals surface area contributed by atoms with Gasteiger partial charge in [-0.3, -0.25) is 25.0 Å². The maximum Gasteiger partial charge on any atom is 0.269 e. The number of fused-ring (bicyclic) bond motifs is 1. The molecule has 0 saturated heterocycles. The van der Waals surface area contributed by atoms with Crippen LogP contribution in [0.15, 0.2) is 71.1 Å². The number of para-hydroxylation sites is 1. The zero-order valence-corrected chi connectivity index (χ0v) is 20.4. The molecule has 2 N–H and O–H groups in total. The Morgan fingerprint density at radius 1 is 1.17 bits per heavy atom. The summed E-state index contributed by atoms with van der Waals surface area (Å²) in [6.07, 6.45) is 1.03. The van der Waals surface area contributed by atoms with Crippen LogP contribution in [0.5, 0.6) is 0 Å². The Labute approximate surface area is 205 Å². The number of allylic oxidation sites excluding steroid dienone is 3.